The summed E-state index contributed by atoms with van der Waals surface area (Å²) in [5.74, 6) is -0.0672. The van der Waals surface area contributed by atoms with Gasteiger partial charge in [-0.3, -0.25) is 4.79 Å². The lowest BCUT2D eigenvalue weighted by Crippen LogP contribution is -2.29. The molecule has 1 N–H and O–H groups in total. The topological polar surface area (TPSA) is 49.0 Å². The number of carbonyl (C=O) groups is 1. The Bertz CT molecular complexity index is 91.1. The maximum Gasteiger partial charge on any atom is 0.222 e. The van der Waals surface area contributed by atoms with Crippen molar-refractivity contribution in [1.82, 2.24) is 5.32 Å². The van der Waals surface area contributed by atoms with Crippen molar-refractivity contribution in [3.05, 3.63) is 0 Å². The number of carbonyl (C=O) groups excluding carboxylic acids is 1. The van der Waals surface area contributed by atoms with Crippen LogP contribution in [0.4, 0.5) is 0 Å². The highest BCUT2D eigenvalue weighted by molar-refractivity contribution is 5.77. The summed E-state index contributed by atoms with van der Waals surface area (Å²) in [5.41, 5.74) is 0. The van der Waals surface area contributed by atoms with Crippen molar-refractivity contribution in [3.63, 3.8) is 0 Å². The van der Waals surface area contributed by atoms with Gasteiger partial charge in [0.05, 0.1) is 6.61 Å². The second-order valence-corrected chi connectivity index (χ2v) is 2.15. The Balaban J connectivity index is 3.28. The Morgan fingerprint density at radius 2 is 2.11 bits per heavy atom. The molecular weight excluding hydrogens is 118 g/mol. The van der Waals surface area contributed by atoms with Gasteiger partial charge in [-0.05, 0) is 0 Å². The smallest absolute Gasteiger partial charge is 0.222 e. The van der Waals surface area contributed by atoms with E-state index < -0.39 is 0 Å². The molecule has 0 aromatic rings. The van der Waals surface area contributed by atoms with Crippen molar-refractivity contribution in [2.75, 3.05) is 13.2 Å². The third-order valence-corrected chi connectivity index (χ3v) is 0.926. The predicted octanol–water partition coefficient (Wildman–Crippen LogP) is 0.189. The molecule has 0 spiro atoms. The lowest BCUT2D eigenvalue weighted by Gasteiger charge is -2.03. The molecule has 0 aliphatic rings. The summed E-state index contributed by atoms with van der Waals surface area (Å²) in [6.07, 6.45) is 0. The highest BCUT2D eigenvalue weighted by Crippen LogP contribution is 1.88. The first-order valence-corrected chi connectivity index (χ1v) is 3.04. The predicted molar refractivity (Wildman–Crippen MR) is 33.4 cm³/mol. The fraction of sp³-hybridized carbons (Fsp3) is 0.833. The molecule has 0 heterocycles. The molecule has 0 bridgehead atoms. The minimum Gasteiger partial charge on any atom is -0.353 e. The Labute approximate surface area is 55.1 Å². The zero-order valence-corrected chi connectivity index (χ0v) is 5.81. The van der Waals surface area contributed by atoms with Crippen LogP contribution in [0.2, 0.25) is 0 Å². The Morgan fingerprint density at radius 1 is 1.56 bits per heavy atom. The van der Waals surface area contributed by atoms with Gasteiger partial charge in [-0.2, -0.15) is 0 Å². The van der Waals surface area contributed by atoms with Crippen molar-refractivity contribution in [3.8, 4) is 0 Å². The number of rotatable bonds is 3. The van der Waals surface area contributed by atoms with Crippen LogP contribution in [0, 0.1) is 5.92 Å². The van der Waals surface area contributed by atoms with Gasteiger partial charge < -0.3 is 5.32 Å². The van der Waals surface area contributed by atoms with Gasteiger partial charge in [0.1, 0.15) is 0 Å². The molecule has 0 aromatic heterocycles. The number of amides is 1. The van der Waals surface area contributed by atoms with E-state index >= 15 is 0 Å². The molecule has 9 heavy (non-hydrogen) atoms. The third-order valence-electron chi connectivity index (χ3n) is 0.926. The second kappa shape index (κ2) is 4.32. The molecule has 0 saturated carbocycles. The monoisotopic (exact) mass is 130 g/mol. The normalized spacial score (nSPS) is 9.78. The second-order valence-electron chi connectivity index (χ2n) is 2.15. The van der Waals surface area contributed by atoms with E-state index in [-0.39, 0.29) is 25.0 Å². The van der Waals surface area contributed by atoms with Gasteiger partial charge in [0, 0.05) is 12.5 Å². The van der Waals surface area contributed by atoms with Crippen LogP contribution in [0.25, 0.3) is 0 Å². The van der Waals surface area contributed by atoms with Crippen LogP contribution in [0.3, 0.4) is 0 Å². The molecule has 0 saturated heterocycles. The van der Waals surface area contributed by atoms with Crippen LogP contribution < -0.4 is 5.32 Å². The molecule has 3 nitrogen and oxygen atoms in total. The summed E-state index contributed by atoms with van der Waals surface area (Å²) < 4.78 is 0. The van der Waals surface area contributed by atoms with E-state index in [2.05, 4.69) is 5.32 Å². The first-order chi connectivity index (χ1) is 4.18. The summed E-state index contributed by atoms with van der Waals surface area (Å²) >= 11 is 0. The van der Waals surface area contributed by atoms with Crippen molar-refractivity contribution in [2.24, 2.45) is 5.92 Å². The van der Waals surface area contributed by atoms with Crippen LogP contribution in [0.5, 0.6) is 0 Å². The summed E-state index contributed by atoms with van der Waals surface area (Å²) in [7, 11) is 0. The molecule has 1 radical (unpaired) electrons. The summed E-state index contributed by atoms with van der Waals surface area (Å²) in [4.78, 5) is 10.7. The van der Waals surface area contributed by atoms with E-state index in [1.54, 1.807) is 13.8 Å². The van der Waals surface area contributed by atoms with Gasteiger partial charge in [-0.15, -0.1) is 0 Å². The first kappa shape index (κ1) is 8.43. The van der Waals surface area contributed by atoms with E-state index in [9.17, 15) is 9.90 Å². The summed E-state index contributed by atoms with van der Waals surface area (Å²) in [6, 6.07) is 0. The first-order valence-electron chi connectivity index (χ1n) is 3.04. The van der Waals surface area contributed by atoms with Gasteiger partial charge in [0.2, 0.25) is 5.91 Å². The highest BCUT2D eigenvalue weighted by atomic mass is 16.3. The summed E-state index contributed by atoms with van der Waals surface area (Å²) in [6.45, 7) is 3.59. The molecule has 0 fully saturated rings. The molecule has 0 aromatic carbocycles. The standard InChI is InChI=1S/C6H12NO2/c1-5(2)6(9)7-3-4-8/h5H,3-4H2,1-2H3,(H,7,9). The van der Waals surface area contributed by atoms with E-state index in [0.29, 0.717) is 0 Å². The van der Waals surface area contributed by atoms with Gasteiger partial charge >= 0.3 is 0 Å². The van der Waals surface area contributed by atoms with Crippen LogP contribution >= 0.6 is 0 Å². The number of nitrogens with one attached hydrogen (secondary N) is 1. The fourth-order valence-corrected chi connectivity index (χ4v) is 0.378. The zero-order valence-electron chi connectivity index (χ0n) is 5.81. The average Bonchev–Trinajstić information content (AvgIpc) is 1.82. The Morgan fingerprint density at radius 3 is 2.44 bits per heavy atom. The van der Waals surface area contributed by atoms with E-state index in [1.165, 1.54) is 0 Å². The molecule has 0 aliphatic carbocycles. The van der Waals surface area contributed by atoms with Crippen LogP contribution in [0.15, 0.2) is 0 Å². The average molecular weight is 130 g/mol. The molecule has 0 rings (SSSR count). The molecule has 3 heteroatoms. The molecule has 53 valence electrons. The molecule has 1 amide bonds. The van der Waals surface area contributed by atoms with E-state index in [4.69, 9.17) is 0 Å². The number of hydrogen-bond donors (Lipinski definition) is 1. The summed E-state index contributed by atoms with van der Waals surface area (Å²) in [5, 5.41) is 12.3. The largest absolute Gasteiger partial charge is 0.353 e. The Hall–Kier alpha value is -0.570. The van der Waals surface area contributed by atoms with Crippen LogP contribution in [-0.2, 0) is 9.90 Å². The van der Waals surface area contributed by atoms with E-state index in [1.807, 2.05) is 0 Å². The highest BCUT2D eigenvalue weighted by Gasteiger charge is 2.03. The lowest BCUT2D eigenvalue weighted by molar-refractivity contribution is -0.124. The molecule has 0 aliphatic heterocycles. The maximum absolute atomic E-state index is 10.7. The zero-order chi connectivity index (χ0) is 7.28. The fourth-order valence-electron chi connectivity index (χ4n) is 0.378. The van der Waals surface area contributed by atoms with Crippen molar-refractivity contribution in [2.45, 2.75) is 13.8 Å². The minimum absolute atomic E-state index is 0.0171. The van der Waals surface area contributed by atoms with Crippen LogP contribution in [-0.4, -0.2) is 19.1 Å². The van der Waals surface area contributed by atoms with Crippen molar-refractivity contribution in [1.29, 1.82) is 0 Å². The minimum atomic E-state index is -0.238. The molecular formula is C6H12NO2. The lowest BCUT2D eigenvalue weighted by atomic mass is 10.2. The third kappa shape index (κ3) is 3.97. The SMILES string of the molecule is CC(C)C(=O)NCC[O]. The van der Waals surface area contributed by atoms with E-state index in [0.717, 1.165) is 0 Å². The van der Waals surface area contributed by atoms with Gasteiger partial charge in [-0.1, -0.05) is 13.8 Å². The van der Waals surface area contributed by atoms with Gasteiger partial charge in [-0.25, -0.2) is 5.11 Å². The van der Waals surface area contributed by atoms with Crippen molar-refractivity contribution < 1.29 is 9.90 Å². The molecule has 0 unspecified atom stereocenters. The van der Waals surface area contributed by atoms with Gasteiger partial charge in [0.15, 0.2) is 0 Å². The Kier molecular flexibility index (Phi) is 4.05. The molecule has 0 atom stereocenters. The maximum atomic E-state index is 10.7. The number of hydrogen-bond acceptors (Lipinski definition) is 1. The quantitative estimate of drug-likeness (QED) is 0.582. The van der Waals surface area contributed by atoms with Crippen LogP contribution in [0.1, 0.15) is 13.8 Å². The van der Waals surface area contributed by atoms with Crippen molar-refractivity contribution >= 4 is 5.91 Å². The van der Waals surface area contributed by atoms with Gasteiger partial charge in [0.25, 0.3) is 0 Å².